The second-order valence-electron chi connectivity index (χ2n) is 6.83. The van der Waals surface area contributed by atoms with Gasteiger partial charge in [-0.3, -0.25) is 14.6 Å². The highest BCUT2D eigenvalue weighted by molar-refractivity contribution is 5.79. The van der Waals surface area contributed by atoms with Crippen LogP contribution in [0.1, 0.15) is 22.9 Å². The Hall–Kier alpha value is -2.38. The second-order valence-corrected chi connectivity index (χ2v) is 6.83. The van der Waals surface area contributed by atoms with E-state index < -0.39 is 0 Å². The zero-order valence-corrected chi connectivity index (χ0v) is 16.5. The van der Waals surface area contributed by atoms with Crippen molar-refractivity contribution in [3.63, 3.8) is 0 Å². The van der Waals surface area contributed by atoms with Gasteiger partial charge in [-0.05, 0) is 18.6 Å². The van der Waals surface area contributed by atoms with Gasteiger partial charge < -0.3 is 15.4 Å². The lowest BCUT2D eigenvalue weighted by Gasteiger charge is -2.35. The molecule has 1 aliphatic rings. The molecule has 0 aliphatic carbocycles. The maximum atomic E-state index is 5.54. The highest BCUT2D eigenvalue weighted by Crippen LogP contribution is 2.22. The maximum absolute atomic E-state index is 5.54. The van der Waals surface area contributed by atoms with E-state index in [4.69, 9.17) is 4.74 Å². The number of benzene rings is 1. The first-order chi connectivity index (χ1) is 13.2. The molecular formula is C20H30N6O. The third-order valence-corrected chi connectivity index (χ3v) is 4.96. The molecule has 0 bridgehead atoms. The first-order valence-electron chi connectivity index (χ1n) is 9.47. The van der Waals surface area contributed by atoms with Gasteiger partial charge in [0.2, 0.25) is 0 Å². The van der Waals surface area contributed by atoms with Crippen LogP contribution in [0.3, 0.4) is 0 Å². The van der Waals surface area contributed by atoms with E-state index in [1.54, 1.807) is 13.2 Å². The van der Waals surface area contributed by atoms with Gasteiger partial charge in [-0.1, -0.05) is 29.8 Å². The Bertz CT molecular complexity index is 750. The Morgan fingerprint density at radius 3 is 2.74 bits per heavy atom. The fourth-order valence-corrected chi connectivity index (χ4v) is 3.39. The number of nitrogens with zero attached hydrogens (tertiary/aromatic N) is 4. The van der Waals surface area contributed by atoms with E-state index in [9.17, 15) is 0 Å². The monoisotopic (exact) mass is 370 g/mol. The minimum atomic E-state index is 0.282. The van der Waals surface area contributed by atoms with E-state index in [0.29, 0.717) is 6.54 Å². The molecule has 2 heterocycles. The zero-order chi connectivity index (χ0) is 19.1. The van der Waals surface area contributed by atoms with Gasteiger partial charge in [-0.15, -0.1) is 0 Å². The average molecular weight is 371 g/mol. The van der Waals surface area contributed by atoms with Gasteiger partial charge in [0.15, 0.2) is 5.96 Å². The van der Waals surface area contributed by atoms with Crippen molar-refractivity contribution in [1.82, 2.24) is 25.3 Å². The van der Waals surface area contributed by atoms with Crippen molar-refractivity contribution >= 4 is 5.96 Å². The molecule has 1 aromatic heterocycles. The van der Waals surface area contributed by atoms with E-state index in [1.807, 2.05) is 17.8 Å². The van der Waals surface area contributed by atoms with Crippen LogP contribution in [0.5, 0.6) is 0 Å². The molecule has 1 saturated heterocycles. The summed E-state index contributed by atoms with van der Waals surface area (Å²) in [6, 6.07) is 11.0. The molecule has 3 rings (SSSR count). The van der Waals surface area contributed by atoms with E-state index >= 15 is 0 Å². The SMILES string of the molecule is CN=C(NCc1ccnn1C)NCC(c1cccc(C)c1)N1CCOCC1. The van der Waals surface area contributed by atoms with Crippen molar-refractivity contribution in [3.05, 3.63) is 53.3 Å². The number of ether oxygens (including phenoxy) is 1. The number of aliphatic imine (C=N–C) groups is 1. The minimum Gasteiger partial charge on any atom is -0.379 e. The molecule has 1 fully saturated rings. The number of aromatic nitrogens is 2. The lowest BCUT2D eigenvalue weighted by Crippen LogP contribution is -2.46. The van der Waals surface area contributed by atoms with E-state index in [1.165, 1.54) is 11.1 Å². The fraction of sp³-hybridized carbons (Fsp3) is 0.500. The molecule has 0 spiro atoms. The largest absolute Gasteiger partial charge is 0.379 e. The number of morpholine rings is 1. The number of aryl methyl sites for hydroxylation is 2. The van der Waals surface area contributed by atoms with Crippen molar-refractivity contribution in [2.75, 3.05) is 39.9 Å². The number of hydrogen-bond acceptors (Lipinski definition) is 4. The van der Waals surface area contributed by atoms with Gasteiger partial charge in [0.25, 0.3) is 0 Å². The average Bonchev–Trinajstić information content (AvgIpc) is 3.10. The molecule has 27 heavy (non-hydrogen) atoms. The zero-order valence-electron chi connectivity index (χ0n) is 16.5. The molecule has 0 amide bonds. The van der Waals surface area contributed by atoms with Crippen LogP contribution in [0.4, 0.5) is 0 Å². The van der Waals surface area contributed by atoms with Crippen molar-refractivity contribution in [1.29, 1.82) is 0 Å². The summed E-state index contributed by atoms with van der Waals surface area (Å²) in [5, 5.41) is 11.1. The summed E-state index contributed by atoms with van der Waals surface area (Å²) in [6.45, 7) is 7.08. The summed E-state index contributed by atoms with van der Waals surface area (Å²) in [7, 11) is 3.74. The van der Waals surface area contributed by atoms with E-state index in [0.717, 1.165) is 44.5 Å². The molecule has 2 N–H and O–H groups in total. The molecule has 0 saturated carbocycles. The highest BCUT2D eigenvalue weighted by atomic mass is 16.5. The van der Waals surface area contributed by atoms with Crippen molar-refractivity contribution in [2.45, 2.75) is 19.5 Å². The fourth-order valence-electron chi connectivity index (χ4n) is 3.39. The molecule has 7 heteroatoms. The molecule has 1 unspecified atom stereocenters. The Balaban J connectivity index is 1.64. The Morgan fingerprint density at radius 1 is 1.26 bits per heavy atom. The maximum Gasteiger partial charge on any atom is 0.191 e. The molecule has 2 aromatic rings. The lowest BCUT2D eigenvalue weighted by atomic mass is 10.0. The topological polar surface area (TPSA) is 66.7 Å². The normalized spacial score (nSPS) is 16.9. The minimum absolute atomic E-state index is 0.282. The van der Waals surface area contributed by atoms with Crippen LogP contribution in [0.25, 0.3) is 0 Å². The van der Waals surface area contributed by atoms with Gasteiger partial charge >= 0.3 is 0 Å². The lowest BCUT2D eigenvalue weighted by molar-refractivity contribution is 0.0170. The molecule has 1 aliphatic heterocycles. The van der Waals surface area contributed by atoms with Gasteiger partial charge in [0.1, 0.15) is 0 Å². The molecule has 146 valence electrons. The van der Waals surface area contributed by atoms with Crippen molar-refractivity contribution < 1.29 is 4.74 Å². The summed E-state index contributed by atoms with van der Waals surface area (Å²) in [5.74, 6) is 0.794. The van der Waals surface area contributed by atoms with Crippen LogP contribution >= 0.6 is 0 Å². The van der Waals surface area contributed by atoms with Gasteiger partial charge in [-0.2, -0.15) is 5.10 Å². The summed E-state index contributed by atoms with van der Waals surface area (Å²) < 4.78 is 7.41. The number of guanidine groups is 1. The molecule has 1 atom stereocenters. The third kappa shape index (κ3) is 5.30. The quantitative estimate of drug-likeness (QED) is 0.595. The number of hydrogen-bond donors (Lipinski definition) is 2. The van der Waals surface area contributed by atoms with Crippen LogP contribution in [-0.2, 0) is 18.3 Å². The number of nitrogens with one attached hydrogen (secondary N) is 2. The van der Waals surface area contributed by atoms with Crippen LogP contribution in [0.15, 0.2) is 41.5 Å². The van der Waals surface area contributed by atoms with Crippen LogP contribution < -0.4 is 10.6 Å². The summed E-state index contributed by atoms with van der Waals surface area (Å²) in [4.78, 5) is 6.85. The Labute approximate surface area is 161 Å². The summed E-state index contributed by atoms with van der Waals surface area (Å²) in [5.41, 5.74) is 3.72. The smallest absolute Gasteiger partial charge is 0.191 e. The Morgan fingerprint density at radius 2 is 2.07 bits per heavy atom. The van der Waals surface area contributed by atoms with E-state index in [2.05, 4.69) is 56.8 Å². The molecule has 1 aromatic carbocycles. The predicted octanol–water partition coefficient (Wildman–Crippen LogP) is 1.47. The van der Waals surface area contributed by atoms with Crippen LogP contribution in [-0.4, -0.2) is 60.5 Å². The van der Waals surface area contributed by atoms with E-state index in [-0.39, 0.29) is 6.04 Å². The Kier molecular flexibility index (Phi) is 6.84. The summed E-state index contributed by atoms with van der Waals surface area (Å²) in [6.07, 6.45) is 1.80. The van der Waals surface area contributed by atoms with Crippen molar-refractivity contribution in [3.8, 4) is 0 Å². The number of rotatable bonds is 6. The van der Waals surface area contributed by atoms with Gasteiger partial charge in [0.05, 0.1) is 31.5 Å². The standard InChI is InChI=1S/C20H30N6O/c1-16-5-4-6-17(13-16)19(26-9-11-27-12-10-26)15-23-20(21-2)22-14-18-7-8-24-25(18)3/h4-8,13,19H,9-12,14-15H2,1-3H3,(H2,21,22,23). The first-order valence-corrected chi connectivity index (χ1v) is 9.47. The first kappa shape index (κ1) is 19.4. The highest BCUT2D eigenvalue weighted by Gasteiger charge is 2.23. The van der Waals surface area contributed by atoms with Crippen LogP contribution in [0.2, 0.25) is 0 Å². The van der Waals surface area contributed by atoms with Gasteiger partial charge in [-0.25, -0.2) is 0 Å². The molecular weight excluding hydrogens is 340 g/mol. The molecule has 0 radical (unpaired) electrons. The summed E-state index contributed by atoms with van der Waals surface area (Å²) >= 11 is 0. The predicted molar refractivity (Wildman–Crippen MR) is 108 cm³/mol. The van der Waals surface area contributed by atoms with Crippen molar-refractivity contribution in [2.24, 2.45) is 12.0 Å². The third-order valence-electron chi connectivity index (χ3n) is 4.96. The van der Waals surface area contributed by atoms with Crippen LogP contribution in [0, 0.1) is 6.92 Å². The second kappa shape index (κ2) is 9.53. The molecule has 7 nitrogen and oxygen atoms in total. The van der Waals surface area contributed by atoms with Gasteiger partial charge in [0, 0.05) is 39.9 Å².